The second-order valence-corrected chi connectivity index (χ2v) is 2.40. The van der Waals surface area contributed by atoms with E-state index in [-0.39, 0.29) is 0 Å². The number of terminal acetylenes is 1. The standard InChI is InChI=1S/C10H7N/c1-2-10-9-6-4-3-5-8(9)7-11-10/h1,3-7,11H. The Morgan fingerprint density at radius 3 is 2.91 bits per heavy atom. The van der Waals surface area contributed by atoms with E-state index in [2.05, 4.69) is 10.9 Å². The molecule has 0 radical (unpaired) electrons. The monoisotopic (exact) mass is 141 g/mol. The van der Waals surface area contributed by atoms with E-state index >= 15 is 0 Å². The molecule has 0 saturated carbocycles. The van der Waals surface area contributed by atoms with Gasteiger partial charge in [0.2, 0.25) is 0 Å². The molecule has 1 aromatic carbocycles. The lowest BCUT2D eigenvalue weighted by Crippen LogP contribution is -1.70. The Balaban J connectivity index is 2.89. The Morgan fingerprint density at radius 1 is 1.27 bits per heavy atom. The molecular weight excluding hydrogens is 134 g/mol. The molecule has 0 aliphatic carbocycles. The van der Waals surface area contributed by atoms with Crippen molar-refractivity contribution in [1.82, 2.24) is 4.98 Å². The maximum absolute atomic E-state index is 5.28. The van der Waals surface area contributed by atoms with Gasteiger partial charge in [0, 0.05) is 17.0 Å². The van der Waals surface area contributed by atoms with E-state index in [1.165, 1.54) is 5.39 Å². The van der Waals surface area contributed by atoms with Gasteiger partial charge >= 0.3 is 0 Å². The quantitative estimate of drug-likeness (QED) is 0.541. The first-order chi connectivity index (χ1) is 5.42. The summed E-state index contributed by atoms with van der Waals surface area (Å²) in [4.78, 5) is 3.03. The van der Waals surface area contributed by atoms with E-state index in [9.17, 15) is 0 Å². The molecule has 0 spiro atoms. The van der Waals surface area contributed by atoms with Crippen molar-refractivity contribution in [2.75, 3.05) is 0 Å². The first-order valence-electron chi connectivity index (χ1n) is 3.44. The van der Waals surface area contributed by atoms with Crippen molar-refractivity contribution in [2.45, 2.75) is 0 Å². The predicted molar refractivity (Wildman–Crippen MR) is 46.2 cm³/mol. The summed E-state index contributed by atoms with van der Waals surface area (Å²) in [6.45, 7) is 0. The molecule has 0 aliphatic rings. The van der Waals surface area contributed by atoms with Crippen LogP contribution in [-0.2, 0) is 0 Å². The van der Waals surface area contributed by atoms with Crippen LogP contribution >= 0.6 is 0 Å². The van der Waals surface area contributed by atoms with Crippen molar-refractivity contribution in [1.29, 1.82) is 0 Å². The molecule has 2 rings (SSSR count). The number of nitrogens with one attached hydrogen (secondary N) is 1. The van der Waals surface area contributed by atoms with Crippen LogP contribution in [-0.4, -0.2) is 4.98 Å². The van der Waals surface area contributed by atoms with Crippen LogP contribution in [0.2, 0.25) is 0 Å². The molecule has 0 atom stereocenters. The van der Waals surface area contributed by atoms with Crippen LogP contribution in [0.5, 0.6) is 0 Å². The van der Waals surface area contributed by atoms with E-state index in [0.29, 0.717) is 0 Å². The normalized spacial score (nSPS) is 9.73. The van der Waals surface area contributed by atoms with E-state index in [0.717, 1.165) is 11.1 Å². The zero-order chi connectivity index (χ0) is 7.68. The molecule has 1 heteroatoms. The van der Waals surface area contributed by atoms with Crippen LogP contribution in [0.4, 0.5) is 0 Å². The summed E-state index contributed by atoms with van der Waals surface area (Å²) in [6, 6.07) is 8.03. The SMILES string of the molecule is C#Cc1[nH]cc2ccccc12. The number of aromatic amines is 1. The number of fused-ring (bicyclic) bond motifs is 1. The molecule has 1 heterocycles. The van der Waals surface area contributed by atoms with Crippen LogP contribution in [0.15, 0.2) is 30.5 Å². The van der Waals surface area contributed by atoms with E-state index in [4.69, 9.17) is 6.42 Å². The van der Waals surface area contributed by atoms with E-state index in [1.807, 2.05) is 30.5 Å². The van der Waals surface area contributed by atoms with Gasteiger partial charge in [-0.15, -0.1) is 6.42 Å². The van der Waals surface area contributed by atoms with Gasteiger partial charge in [0.05, 0.1) is 5.69 Å². The van der Waals surface area contributed by atoms with Crippen LogP contribution in [0.3, 0.4) is 0 Å². The van der Waals surface area contributed by atoms with Crippen molar-refractivity contribution in [2.24, 2.45) is 0 Å². The number of H-pyrrole nitrogens is 1. The summed E-state index contributed by atoms with van der Waals surface area (Å²) in [5.74, 6) is 2.59. The van der Waals surface area contributed by atoms with E-state index in [1.54, 1.807) is 0 Å². The van der Waals surface area contributed by atoms with Gasteiger partial charge < -0.3 is 4.98 Å². The van der Waals surface area contributed by atoms with Crippen molar-refractivity contribution in [3.63, 3.8) is 0 Å². The highest BCUT2D eigenvalue weighted by Gasteiger charge is 1.96. The topological polar surface area (TPSA) is 15.8 Å². The fourth-order valence-electron chi connectivity index (χ4n) is 1.20. The second-order valence-electron chi connectivity index (χ2n) is 2.40. The van der Waals surface area contributed by atoms with Gasteiger partial charge in [-0.2, -0.15) is 0 Å². The number of rotatable bonds is 0. The molecular formula is C10H7N. The summed E-state index contributed by atoms with van der Waals surface area (Å²) in [5, 5.41) is 2.29. The van der Waals surface area contributed by atoms with Gasteiger partial charge in [-0.25, -0.2) is 0 Å². The third kappa shape index (κ3) is 0.805. The first-order valence-corrected chi connectivity index (χ1v) is 3.44. The Morgan fingerprint density at radius 2 is 2.09 bits per heavy atom. The molecule has 0 fully saturated rings. The lowest BCUT2D eigenvalue weighted by atomic mass is 10.2. The van der Waals surface area contributed by atoms with Crippen molar-refractivity contribution < 1.29 is 0 Å². The van der Waals surface area contributed by atoms with Gasteiger partial charge in [0.15, 0.2) is 0 Å². The summed E-state index contributed by atoms with van der Waals surface area (Å²) < 4.78 is 0. The largest absolute Gasteiger partial charge is 0.354 e. The Kier molecular flexibility index (Phi) is 1.20. The fraction of sp³-hybridized carbons (Fsp3) is 0. The Labute approximate surface area is 65.1 Å². The highest BCUT2D eigenvalue weighted by Crippen LogP contribution is 2.15. The minimum absolute atomic E-state index is 0.862. The third-order valence-corrected chi connectivity index (χ3v) is 1.75. The Bertz CT molecular complexity index is 418. The molecule has 0 unspecified atom stereocenters. The highest BCUT2D eigenvalue weighted by molar-refractivity contribution is 5.87. The average molecular weight is 141 g/mol. The van der Waals surface area contributed by atoms with Crippen molar-refractivity contribution >= 4 is 10.8 Å². The lowest BCUT2D eigenvalue weighted by molar-refractivity contribution is 1.38. The van der Waals surface area contributed by atoms with Crippen molar-refractivity contribution in [3.8, 4) is 12.3 Å². The first kappa shape index (κ1) is 6.06. The number of benzene rings is 1. The molecule has 52 valence electrons. The number of aromatic nitrogens is 1. The summed E-state index contributed by atoms with van der Waals surface area (Å²) in [7, 11) is 0. The fourth-order valence-corrected chi connectivity index (χ4v) is 1.20. The maximum atomic E-state index is 5.28. The maximum Gasteiger partial charge on any atom is 0.0970 e. The summed E-state index contributed by atoms with van der Waals surface area (Å²) in [5.41, 5.74) is 0.862. The smallest absolute Gasteiger partial charge is 0.0970 e. The molecule has 0 saturated heterocycles. The van der Waals surface area contributed by atoms with Gasteiger partial charge in [0.1, 0.15) is 0 Å². The highest BCUT2D eigenvalue weighted by atomic mass is 14.7. The number of hydrogen-bond donors (Lipinski definition) is 1. The minimum atomic E-state index is 0.862. The van der Waals surface area contributed by atoms with Crippen LogP contribution in [0.25, 0.3) is 10.8 Å². The minimum Gasteiger partial charge on any atom is -0.354 e. The van der Waals surface area contributed by atoms with Gasteiger partial charge in [0.25, 0.3) is 0 Å². The van der Waals surface area contributed by atoms with Crippen LogP contribution < -0.4 is 0 Å². The second kappa shape index (κ2) is 2.17. The summed E-state index contributed by atoms with van der Waals surface area (Å²) in [6.07, 6.45) is 7.20. The van der Waals surface area contributed by atoms with Crippen LogP contribution in [0.1, 0.15) is 5.69 Å². The van der Waals surface area contributed by atoms with Crippen molar-refractivity contribution in [3.05, 3.63) is 36.2 Å². The zero-order valence-electron chi connectivity index (χ0n) is 5.96. The van der Waals surface area contributed by atoms with Gasteiger partial charge in [-0.1, -0.05) is 30.2 Å². The number of hydrogen-bond acceptors (Lipinski definition) is 0. The molecule has 0 bridgehead atoms. The lowest BCUT2D eigenvalue weighted by Gasteiger charge is -1.86. The molecule has 2 aromatic rings. The molecule has 1 nitrogen and oxygen atoms in total. The predicted octanol–water partition coefficient (Wildman–Crippen LogP) is 2.15. The van der Waals surface area contributed by atoms with Gasteiger partial charge in [-0.05, 0) is 0 Å². The molecule has 1 N–H and O–H groups in total. The molecule has 0 amide bonds. The summed E-state index contributed by atoms with van der Waals surface area (Å²) >= 11 is 0. The molecule has 11 heavy (non-hydrogen) atoms. The molecule has 1 aromatic heterocycles. The van der Waals surface area contributed by atoms with Crippen LogP contribution in [0, 0.1) is 12.3 Å². The van der Waals surface area contributed by atoms with Gasteiger partial charge in [-0.3, -0.25) is 0 Å². The van der Waals surface area contributed by atoms with E-state index < -0.39 is 0 Å². The average Bonchev–Trinajstić information content (AvgIpc) is 2.47. The molecule has 0 aliphatic heterocycles. The Hall–Kier alpha value is -1.68. The third-order valence-electron chi connectivity index (χ3n) is 1.75. The zero-order valence-corrected chi connectivity index (χ0v) is 5.96.